The Morgan fingerprint density at radius 3 is 2.22 bits per heavy atom. The van der Waals surface area contributed by atoms with E-state index in [-0.39, 0.29) is 5.56 Å². The van der Waals surface area contributed by atoms with Gasteiger partial charge in [0.25, 0.3) is 17.3 Å². The van der Waals surface area contributed by atoms with Crippen molar-refractivity contribution in [2.45, 2.75) is 0 Å². The number of carbonyl (C=O) groups is 1. The van der Waals surface area contributed by atoms with Gasteiger partial charge in [-0.15, -0.1) is 0 Å². The number of anilines is 2. The molecule has 118 valence electrons. The number of non-ortho nitro benzene ring substituents is 1. The second kappa shape index (κ2) is 6.28. The van der Waals surface area contributed by atoms with Crippen molar-refractivity contribution in [2.24, 2.45) is 0 Å². The summed E-state index contributed by atoms with van der Waals surface area (Å²) in [6.45, 7) is 0. The van der Waals surface area contributed by atoms with Crippen LogP contribution in [0.2, 0.25) is 5.02 Å². The largest absolute Gasteiger partial charge is 0.392 e. The zero-order chi connectivity index (χ0) is 17.1. The van der Waals surface area contributed by atoms with Crippen LogP contribution in [0, 0.1) is 20.2 Å². The molecule has 0 saturated heterocycles. The fourth-order valence-electron chi connectivity index (χ4n) is 1.80. The van der Waals surface area contributed by atoms with E-state index in [0.717, 1.165) is 6.07 Å². The van der Waals surface area contributed by atoms with E-state index in [2.05, 4.69) is 5.32 Å². The van der Waals surface area contributed by atoms with Crippen LogP contribution in [0.3, 0.4) is 0 Å². The summed E-state index contributed by atoms with van der Waals surface area (Å²) in [6.07, 6.45) is 0. The Bertz CT molecular complexity index is 807. The van der Waals surface area contributed by atoms with Crippen molar-refractivity contribution in [2.75, 3.05) is 11.1 Å². The van der Waals surface area contributed by atoms with Crippen LogP contribution in [0.1, 0.15) is 10.4 Å². The van der Waals surface area contributed by atoms with Crippen LogP contribution in [0.15, 0.2) is 36.4 Å². The van der Waals surface area contributed by atoms with Gasteiger partial charge in [0.2, 0.25) is 0 Å². The van der Waals surface area contributed by atoms with Crippen LogP contribution in [-0.2, 0) is 0 Å². The van der Waals surface area contributed by atoms with Gasteiger partial charge in [-0.05, 0) is 24.3 Å². The molecule has 0 heterocycles. The van der Waals surface area contributed by atoms with Crippen LogP contribution >= 0.6 is 11.6 Å². The third kappa shape index (κ3) is 3.52. The van der Waals surface area contributed by atoms with Crippen molar-refractivity contribution < 1.29 is 14.6 Å². The molecule has 9 nitrogen and oxygen atoms in total. The first-order valence-electron chi connectivity index (χ1n) is 6.09. The highest BCUT2D eigenvalue weighted by molar-refractivity contribution is 6.30. The summed E-state index contributed by atoms with van der Waals surface area (Å²) in [7, 11) is 0. The van der Waals surface area contributed by atoms with Gasteiger partial charge in [-0.3, -0.25) is 25.0 Å². The zero-order valence-electron chi connectivity index (χ0n) is 11.4. The van der Waals surface area contributed by atoms with Crippen LogP contribution < -0.4 is 11.1 Å². The normalized spacial score (nSPS) is 10.1. The molecular weight excluding hydrogens is 328 g/mol. The molecule has 3 N–H and O–H groups in total. The van der Waals surface area contributed by atoms with Crippen LogP contribution in [0.25, 0.3) is 0 Å². The first-order valence-corrected chi connectivity index (χ1v) is 6.46. The Morgan fingerprint density at radius 2 is 1.70 bits per heavy atom. The second-order valence-electron chi connectivity index (χ2n) is 4.40. The number of halogens is 1. The molecule has 0 radical (unpaired) electrons. The lowest BCUT2D eigenvalue weighted by molar-refractivity contribution is -0.393. The van der Waals surface area contributed by atoms with Gasteiger partial charge < -0.3 is 11.1 Å². The Kier molecular flexibility index (Phi) is 4.42. The highest BCUT2D eigenvalue weighted by Crippen LogP contribution is 2.31. The first kappa shape index (κ1) is 16.2. The Labute approximate surface area is 134 Å². The zero-order valence-corrected chi connectivity index (χ0v) is 12.1. The van der Waals surface area contributed by atoms with E-state index in [1.54, 1.807) is 0 Å². The molecule has 2 aromatic rings. The predicted molar refractivity (Wildman–Crippen MR) is 83.6 cm³/mol. The lowest BCUT2D eigenvalue weighted by atomic mass is 10.1. The maximum absolute atomic E-state index is 12.2. The molecule has 0 unspecified atom stereocenters. The summed E-state index contributed by atoms with van der Waals surface area (Å²) in [4.78, 5) is 32.2. The third-order valence-electron chi connectivity index (χ3n) is 2.90. The van der Waals surface area contributed by atoms with Gasteiger partial charge in [0.05, 0.1) is 21.5 Å². The van der Waals surface area contributed by atoms with Crippen molar-refractivity contribution in [3.8, 4) is 0 Å². The fourth-order valence-corrected chi connectivity index (χ4v) is 1.93. The van der Waals surface area contributed by atoms with Crippen LogP contribution in [-0.4, -0.2) is 15.8 Å². The summed E-state index contributed by atoms with van der Waals surface area (Å²) >= 11 is 5.72. The maximum Gasteiger partial charge on any atom is 0.299 e. The molecular formula is C13H9ClN4O5. The topological polar surface area (TPSA) is 141 Å². The molecule has 0 aliphatic heterocycles. The number of nitrogens with zero attached hydrogens (tertiary/aromatic N) is 2. The smallest absolute Gasteiger partial charge is 0.299 e. The van der Waals surface area contributed by atoms with E-state index >= 15 is 0 Å². The van der Waals surface area contributed by atoms with Crippen molar-refractivity contribution in [3.05, 3.63) is 67.2 Å². The second-order valence-corrected chi connectivity index (χ2v) is 4.84. The number of benzene rings is 2. The number of nitro benzene ring substituents is 2. The molecule has 0 aliphatic rings. The van der Waals surface area contributed by atoms with Crippen molar-refractivity contribution in [3.63, 3.8) is 0 Å². The van der Waals surface area contributed by atoms with E-state index in [0.29, 0.717) is 16.8 Å². The number of carbonyl (C=O) groups excluding carboxylic acids is 1. The number of nitrogens with one attached hydrogen (secondary N) is 1. The minimum absolute atomic E-state index is 0.355. The molecule has 0 bridgehead atoms. The predicted octanol–water partition coefficient (Wildman–Crippen LogP) is 2.99. The van der Waals surface area contributed by atoms with E-state index in [4.69, 9.17) is 17.3 Å². The average Bonchev–Trinajstić information content (AvgIpc) is 2.49. The molecule has 23 heavy (non-hydrogen) atoms. The highest BCUT2D eigenvalue weighted by atomic mass is 35.5. The maximum atomic E-state index is 12.2. The van der Waals surface area contributed by atoms with Gasteiger partial charge in [0.15, 0.2) is 0 Å². The number of rotatable bonds is 4. The minimum Gasteiger partial charge on any atom is -0.392 e. The van der Waals surface area contributed by atoms with Gasteiger partial charge >= 0.3 is 0 Å². The molecule has 0 saturated carbocycles. The molecule has 0 fully saturated rings. The summed E-state index contributed by atoms with van der Waals surface area (Å²) in [5, 5.41) is 24.7. The standard InChI is InChI=1S/C13H9ClN4O5/c14-7-1-3-8(4-2-7)16-13(19)10-5-9(17(20)21)6-11(12(10)15)18(22)23/h1-6H,15H2,(H,16,19). The SMILES string of the molecule is Nc1c(C(=O)Nc2ccc(Cl)cc2)cc([N+](=O)[O-])cc1[N+](=O)[O-]. The van der Waals surface area contributed by atoms with Crippen LogP contribution in [0.4, 0.5) is 22.7 Å². The van der Waals surface area contributed by atoms with Gasteiger partial charge in [-0.25, -0.2) is 0 Å². The molecule has 10 heteroatoms. The number of hydrogen-bond acceptors (Lipinski definition) is 6. The summed E-state index contributed by atoms with van der Waals surface area (Å²) < 4.78 is 0. The van der Waals surface area contributed by atoms with Gasteiger partial charge in [0.1, 0.15) is 5.69 Å². The average molecular weight is 337 g/mol. The molecule has 2 rings (SSSR count). The quantitative estimate of drug-likeness (QED) is 0.499. The Hall–Kier alpha value is -3.20. The summed E-state index contributed by atoms with van der Waals surface area (Å²) in [5.41, 5.74) is 3.82. The molecule has 2 aromatic carbocycles. The summed E-state index contributed by atoms with van der Waals surface area (Å²) in [6, 6.07) is 7.64. The highest BCUT2D eigenvalue weighted by Gasteiger charge is 2.25. The van der Waals surface area contributed by atoms with E-state index in [1.807, 2.05) is 0 Å². The number of nitro groups is 2. The molecule has 1 amide bonds. The van der Waals surface area contributed by atoms with Gasteiger partial charge in [-0.2, -0.15) is 0 Å². The minimum atomic E-state index is -0.887. The number of nitrogens with two attached hydrogens (primary N) is 1. The summed E-state index contributed by atoms with van der Waals surface area (Å²) in [5.74, 6) is -0.809. The number of nitrogen functional groups attached to an aromatic ring is 1. The van der Waals surface area contributed by atoms with Gasteiger partial charge in [-0.1, -0.05) is 11.6 Å². The van der Waals surface area contributed by atoms with E-state index in [9.17, 15) is 25.0 Å². The third-order valence-corrected chi connectivity index (χ3v) is 3.15. The van der Waals surface area contributed by atoms with E-state index < -0.39 is 32.8 Å². The Morgan fingerprint density at radius 1 is 1.09 bits per heavy atom. The Balaban J connectivity index is 2.44. The number of amides is 1. The molecule has 0 spiro atoms. The molecule has 0 atom stereocenters. The first-order chi connectivity index (χ1) is 10.8. The van der Waals surface area contributed by atoms with Gasteiger partial charge in [0, 0.05) is 16.8 Å². The van der Waals surface area contributed by atoms with Crippen LogP contribution in [0.5, 0.6) is 0 Å². The van der Waals surface area contributed by atoms with Crippen molar-refractivity contribution >= 4 is 40.3 Å². The molecule has 0 aliphatic carbocycles. The van der Waals surface area contributed by atoms with Crippen molar-refractivity contribution in [1.29, 1.82) is 0 Å². The lowest BCUT2D eigenvalue weighted by Gasteiger charge is -2.08. The number of hydrogen-bond donors (Lipinski definition) is 2. The fraction of sp³-hybridized carbons (Fsp3) is 0. The van der Waals surface area contributed by atoms with Crippen molar-refractivity contribution in [1.82, 2.24) is 0 Å². The van der Waals surface area contributed by atoms with E-state index in [1.165, 1.54) is 24.3 Å². The molecule has 0 aromatic heterocycles. The monoisotopic (exact) mass is 336 g/mol. The lowest BCUT2D eigenvalue weighted by Crippen LogP contribution is -2.15.